The van der Waals surface area contributed by atoms with E-state index in [1.807, 2.05) is 11.6 Å². The summed E-state index contributed by atoms with van der Waals surface area (Å²) in [6.45, 7) is 0. The number of aromatic amines is 1. The molecule has 2 heterocycles. The quantitative estimate of drug-likeness (QED) is 0.549. The summed E-state index contributed by atoms with van der Waals surface area (Å²) < 4.78 is 1.83. The van der Waals surface area contributed by atoms with Crippen LogP contribution in [0.5, 0.6) is 0 Å². The first-order valence-electron chi connectivity index (χ1n) is 5.26. The van der Waals surface area contributed by atoms with Crippen molar-refractivity contribution in [2.75, 3.05) is 0 Å². The van der Waals surface area contributed by atoms with Crippen molar-refractivity contribution in [3.63, 3.8) is 0 Å². The number of hydrogen-bond acceptors (Lipinski definition) is 4. The fourth-order valence-electron chi connectivity index (χ4n) is 1.82. The predicted molar refractivity (Wildman–Crippen MR) is 65.0 cm³/mol. The van der Waals surface area contributed by atoms with Gasteiger partial charge in [0.05, 0.1) is 28.5 Å². The first kappa shape index (κ1) is 10.5. The minimum atomic E-state index is -0.427. The zero-order chi connectivity index (χ0) is 12.7. The Labute approximate surface area is 101 Å². The van der Waals surface area contributed by atoms with E-state index in [1.165, 1.54) is 12.1 Å². The normalized spacial score (nSPS) is 10.9. The van der Waals surface area contributed by atoms with Crippen LogP contribution in [-0.4, -0.2) is 24.4 Å². The molecule has 7 heteroatoms. The van der Waals surface area contributed by atoms with Gasteiger partial charge >= 0.3 is 0 Å². The number of aromatic nitrogens is 4. The number of non-ortho nitro benzene ring substituents is 1. The first-order chi connectivity index (χ1) is 8.65. The highest BCUT2D eigenvalue weighted by Crippen LogP contribution is 2.23. The minimum Gasteiger partial charge on any atom is -0.336 e. The molecule has 1 aromatic carbocycles. The monoisotopic (exact) mass is 243 g/mol. The second-order valence-electron chi connectivity index (χ2n) is 3.93. The number of H-pyrrole nitrogens is 1. The molecular formula is C11H9N5O2. The van der Waals surface area contributed by atoms with Crippen molar-refractivity contribution in [1.29, 1.82) is 0 Å². The Morgan fingerprint density at radius 3 is 2.94 bits per heavy atom. The molecule has 0 amide bonds. The van der Waals surface area contributed by atoms with Gasteiger partial charge in [0, 0.05) is 19.2 Å². The van der Waals surface area contributed by atoms with E-state index >= 15 is 0 Å². The van der Waals surface area contributed by atoms with E-state index in [2.05, 4.69) is 15.0 Å². The highest BCUT2D eigenvalue weighted by atomic mass is 16.6. The predicted octanol–water partition coefficient (Wildman–Crippen LogP) is 1.87. The van der Waals surface area contributed by atoms with Gasteiger partial charge in [0.1, 0.15) is 5.69 Å². The second kappa shape index (κ2) is 3.66. The van der Waals surface area contributed by atoms with Crippen molar-refractivity contribution >= 4 is 16.7 Å². The minimum absolute atomic E-state index is 0.0442. The van der Waals surface area contributed by atoms with Crippen molar-refractivity contribution in [3.8, 4) is 11.5 Å². The lowest BCUT2D eigenvalue weighted by molar-refractivity contribution is -0.384. The Bertz CT molecular complexity index is 743. The summed E-state index contributed by atoms with van der Waals surface area (Å²) in [6, 6.07) is 4.54. The van der Waals surface area contributed by atoms with Gasteiger partial charge in [0.15, 0.2) is 5.82 Å². The van der Waals surface area contributed by atoms with Crippen LogP contribution in [0, 0.1) is 10.1 Å². The molecule has 90 valence electrons. The number of nitro groups is 1. The zero-order valence-electron chi connectivity index (χ0n) is 9.49. The molecule has 3 rings (SSSR count). The highest BCUT2D eigenvalue weighted by molar-refractivity contribution is 5.80. The molecule has 0 saturated heterocycles. The van der Waals surface area contributed by atoms with Crippen LogP contribution in [-0.2, 0) is 7.05 Å². The molecule has 18 heavy (non-hydrogen) atoms. The average molecular weight is 243 g/mol. The maximum atomic E-state index is 10.7. The van der Waals surface area contributed by atoms with Gasteiger partial charge in [-0.15, -0.1) is 0 Å². The number of fused-ring (bicyclic) bond motifs is 1. The summed E-state index contributed by atoms with van der Waals surface area (Å²) in [5.74, 6) is 0.644. The lowest BCUT2D eigenvalue weighted by Gasteiger charge is -1.95. The molecule has 0 unspecified atom stereocenters. The van der Waals surface area contributed by atoms with Crippen molar-refractivity contribution < 1.29 is 4.92 Å². The van der Waals surface area contributed by atoms with E-state index in [4.69, 9.17) is 0 Å². The standard InChI is InChI=1S/C11H9N5O2/c1-15-6-12-5-10(15)11-13-8-3-2-7(16(17)18)4-9(8)14-11/h2-6H,1H3,(H,13,14). The summed E-state index contributed by atoms with van der Waals surface area (Å²) in [7, 11) is 1.86. The second-order valence-corrected chi connectivity index (χ2v) is 3.93. The van der Waals surface area contributed by atoms with Gasteiger partial charge in [-0.25, -0.2) is 9.97 Å². The molecule has 0 saturated carbocycles. The number of nitrogens with one attached hydrogen (secondary N) is 1. The van der Waals surface area contributed by atoms with E-state index in [0.717, 1.165) is 5.69 Å². The lowest BCUT2D eigenvalue weighted by Crippen LogP contribution is -1.90. The highest BCUT2D eigenvalue weighted by Gasteiger charge is 2.12. The Balaban J connectivity index is 2.17. The van der Waals surface area contributed by atoms with Crippen molar-refractivity contribution in [2.24, 2.45) is 7.05 Å². The maximum Gasteiger partial charge on any atom is 0.271 e. The van der Waals surface area contributed by atoms with Gasteiger partial charge in [0.2, 0.25) is 0 Å². The van der Waals surface area contributed by atoms with E-state index in [0.29, 0.717) is 16.9 Å². The molecule has 0 aliphatic carbocycles. The third-order valence-corrected chi connectivity index (χ3v) is 2.74. The van der Waals surface area contributed by atoms with Crippen LogP contribution in [0.4, 0.5) is 5.69 Å². The van der Waals surface area contributed by atoms with Gasteiger partial charge in [-0.05, 0) is 6.07 Å². The number of imidazole rings is 2. The fourth-order valence-corrected chi connectivity index (χ4v) is 1.82. The summed E-state index contributed by atoms with van der Waals surface area (Å²) in [5.41, 5.74) is 2.20. The molecule has 0 atom stereocenters. The van der Waals surface area contributed by atoms with Crippen LogP contribution in [0.15, 0.2) is 30.7 Å². The fraction of sp³-hybridized carbons (Fsp3) is 0.0909. The Hall–Kier alpha value is -2.70. The van der Waals surface area contributed by atoms with Gasteiger partial charge in [0.25, 0.3) is 5.69 Å². The molecule has 0 spiro atoms. The Morgan fingerprint density at radius 1 is 1.44 bits per heavy atom. The molecule has 7 nitrogen and oxygen atoms in total. The van der Waals surface area contributed by atoms with Crippen molar-refractivity contribution in [2.45, 2.75) is 0 Å². The van der Waals surface area contributed by atoms with E-state index < -0.39 is 4.92 Å². The largest absolute Gasteiger partial charge is 0.336 e. The molecule has 2 aromatic heterocycles. The number of rotatable bonds is 2. The SMILES string of the molecule is Cn1cncc1-c1nc2ccc([N+](=O)[O-])cc2[nH]1. The average Bonchev–Trinajstić information content (AvgIpc) is 2.92. The smallest absolute Gasteiger partial charge is 0.271 e. The molecule has 1 N–H and O–H groups in total. The molecule has 0 bridgehead atoms. The lowest BCUT2D eigenvalue weighted by atomic mass is 10.3. The zero-order valence-corrected chi connectivity index (χ0v) is 9.49. The first-order valence-corrected chi connectivity index (χ1v) is 5.26. The number of nitro benzene ring substituents is 1. The van der Waals surface area contributed by atoms with E-state index in [-0.39, 0.29) is 5.69 Å². The van der Waals surface area contributed by atoms with Gasteiger partial charge in [-0.1, -0.05) is 0 Å². The summed E-state index contributed by atoms with van der Waals surface area (Å²) >= 11 is 0. The molecule has 0 radical (unpaired) electrons. The third-order valence-electron chi connectivity index (χ3n) is 2.74. The number of aryl methyl sites for hydroxylation is 1. The van der Waals surface area contributed by atoms with Gasteiger partial charge in [-0.3, -0.25) is 10.1 Å². The Morgan fingerprint density at radius 2 is 2.28 bits per heavy atom. The topological polar surface area (TPSA) is 89.6 Å². The molecule has 0 aliphatic rings. The Kier molecular flexibility index (Phi) is 2.12. The van der Waals surface area contributed by atoms with Crippen LogP contribution < -0.4 is 0 Å². The molecular weight excluding hydrogens is 234 g/mol. The number of nitrogens with zero attached hydrogens (tertiary/aromatic N) is 4. The van der Waals surface area contributed by atoms with Crippen LogP contribution in [0.1, 0.15) is 0 Å². The van der Waals surface area contributed by atoms with Crippen molar-refractivity contribution in [3.05, 3.63) is 40.8 Å². The van der Waals surface area contributed by atoms with Crippen LogP contribution in [0.3, 0.4) is 0 Å². The number of benzene rings is 1. The van der Waals surface area contributed by atoms with Crippen molar-refractivity contribution in [1.82, 2.24) is 19.5 Å². The van der Waals surface area contributed by atoms with Gasteiger partial charge < -0.3 is 9.55 Å². The summed E-state index contributed by atoms with van der Waals surface area (Å²) in [4.78, 5) is 21.7. The molecule has 0 aliphatic heterocycles. The van der Waals surface area contributed by atoms with Crippen LogP contribution in [0.2, 0.25) is 0 Å². The maximum absolute atomic E-state index is 10.7. The van der Waals surface area contributed by atoms with Crippen LogP contribution >= 0.6 is 0 Å². The summed E-state index contributed by atoms with van der Waals surface area (Å²) in [6.07, 6.45) is 3.36. The van der Waals surface area contributed by atoms with Gasteiger partial charge in [-0.2, -0.15) is 0 Å². The number of hydrogen-bond donors (Lipinski definition) is 1. The third kappa shape index (κ3) is 1.53. The van der Waals surface area contributed by atoms with Crippen LogP contribution in [0.25, 0.3) is 22.6 Å². The summed E-state index contributed by atoms with van der Waals surface area (Å²) in [5, 5.41) is 10.7. The van der Waals surface area contributed by atoms with E-state index in [1.54, 1.807) is 18.6 Å². The molecule has 0 fully saturated rings. The molecule has 3 aromatic rings. The van der Waals surface area contributed by atoms with E-state index in [9.17, 15) is 10.1 Å².